The molecular formula is C45H89NO4. The molecule has 5 nitrogen and oxygen atoms in total. The van der Waals surface area contributed by atoms with Crippen molar-refractivity contribution in [1.82, 2.24) is 4.90 Å². The maximum absolute atomic E-state index is 12.9. The SMILES string of the molecule is CCCCCCCCC(CCCCCC)C(=O)OCCCCCCN(C)CCCCCCOC(=O)C(CCCCCC)CCCCCCCC. The highest BCUT2D eigenvalue weighted by atomic mass is 16.5. The normalized spacial score (nSPS) is 12.8. The van der Waals surface area contributed by atoms with Gasteiger partial charge >= 0.3 is 11.9 Å². The number of carbonyl (C=O) groups is 2. The highest BCUT2D eigenvalue weighted by Crippen LogP contribution is 2.22. The van der Waals surface area contributed by atoms with Gasteiger partial charge in [-0.2, -0.15) is 0 Å². The molecule has 0 aromatic carbocycles. The van der Waals surface area contributed by atoms with Gasteiger partial charge in [0.2, 0.25) is 0 Å². The average molecular weight is 708 g/mol. The monoisotopic (exact) mass is 708 g/mol. The van der Waals surface area contributed by atoms with Crippen LogP contribution in [0.3, 0.4) is 0 Å². The van der Waals surface area contributed by atoms with Gasteiger partial charge in [0.15, 0.2) is 0 Å². The molecule has 0 aliphatic rings. The molecule has 0 N–H and O–H groups in total. The first kappa shape index (κ1) is 48.9. The first-order chi connectivity index (χ1) is 24.5. The highest BCUT2D eigenvalue weighted by Gasteiger charge is 2.20. The molecular weight excluding hydrogens is 618 g/mol. The Bertz CT molecular complexity index is 655. The fraction of sp³-hybridized carbons (Fsp3) is 0.956. The molecule has 0 aliphatic carbocycles. The van der Waals surface area contributed by atoms with Crippen LogP contribution in [0.2, 0.25) is 0 Å². The highest BCUT2D eigenvalue weighted by molar-refractivity contribution is 5.72. The molecule has 0 saturated heterocycles. The first-order valence-electron chi connectivity index (χ1n) is 22.5. The van der Waals surface area contributed by atoms with Gasteiger partial charge in [-0.25, -0.2) is 0 Å². The fourth-order valence-corrected chi connectivity index (χ4v) is 7.10. The molecule has 0 radical (unpaired) electrons. The zero-order chi connectivity index (χ0) is 36.8. The Morgan fingerprint density at radius 3 is 0.980 bits per heavy atom. The van der Waals surface area contributed by atoms with E-state index in [1.807, 2.05) is 0 Å². The van der Waals surface area contributed by atoms with Crippen LogP contribution in [0.4, 0.5) is 0 Å². The van der Waals surface area contributed by atoms with Crippen LogP contribution in [0.1, 0.15) is 233 Å². The molecule has 0 heterocycles. The van der Waals surface area contributed by atoms with Gasteiger partial charge in [0.25, 0.3) is 0 Å². The van der Waals surface area contributed by atoms with Crippen molar-refractivity contribution in [3.8, 4) is 0 Å². The Balaban J connectivity index is 4.00. The van der Waals surface area contributed by atoms with Gasteiger partial charge in [0.05, 0.1) is 25.0 Å². The zero-order valence-electron chi connectivity index (χ0n) is 34.7. The third-order valence-corrected chi connectivity index (χ3v) is 10.6. The molecule has 2 atom stereocenters. The van der Waals surface area contributed by atoms with E-state index in [2.05, 4.69) is 39.6 Å². The van der Waals surface area contributed by atoms with E-state index in [1.54, 1.807) is 0 Å². The molecule has 0 rings (SSSR count). The Hall–Kier alpha value is -1.10. The van der Waals surface area contributed by atoms with Crippen molar-refractivity contribution in [2.75, 3.05) is 33.4 Å². The second-order valence-electron chi connectivity index (χ2n) is 15.7. The van der Waals surface area contributed by atoms with Crippen molar-refractivity contribution in [3.05, 3.63) is 0 Å². The topological polar surface area (TPSA) is 55.8 Å². The van der Waals surface area contributed by atoms with E-state index in [0.29, 0.717) is 13.2 Å². The summed E-state index contributed by atoms with van der Waals surface area (Å²) in [6, 6.07) is 0. The van der Waals surface area contributed by atoms with E-state index in [1.165, 1.54) is 141 Å². The van der Waals surface area contributed by atoms with Crippen molar-refractivity contribution >= 4 is 11.9 Å². The maximum Gasteiger partial charge on any atom is 0.308 e. The fourth-order valence-electron chi connectivity index (χ4n) is 7.10. The number of nitrogens with zero attached hydrogens (tertiary/aromatic N) is 1. The second kappa shape index (κ2) is 39.1. The minimum absolute atomic E-state index is 0.0680. The lowest BCUT2D eigenvalue weighted by molar-refractivity contribution is -0.150. The van der Waals surface area contributed by atoms with Gasteiger partial charge in [-0.05, 0) is 71.5 Å². The molecule has 0 saturated carbocycles. The Morgan fingerprint density at radius 2 is 0.640 bits per heavy atom. The Labute approximate surface area is 313 Å². The van der Waals surface area contributed by atoms with Crippen molar-refractivity contribution in [3.63, 3.8) is 0 Å². The predicted molar refractivity (Wildman–Crippen MR) is 217 cm³/mol. The number of carbonyl (C=O) groups excluding carboxylic acids is 2. The summed E-state index contributed by atoms with van der Waals surface area (Å²) in [5.41, 5.74) is 0. The van der Waals surface area contributed by atoms with Crippen LogP contribution < -0.4 is 0 Å². The first-order valence-corrected chi connectivity index (χ1v) is 22.5. The number of unbranched alkanes of at least 4 members (excludes halogenated alkanes) is 22. The van der Waals surface area contributed by atoms with Crippen LogP contribution in [0.5, 0.6) is 0 Å². The van der Waals surface area contributed by atoms with Crippen LogP contribution in [-0.4, -0.2) is 50.2 Å². The summed E-state index contributed by atoms with van der Waals surface area (Å²) in [5, 5.41) is 0. The van der Waals surface area contributed by atoms with Crippen molar-refractivity contribution in [1.29, 1.82) is 0 Å². The van der Waals surface area contributed by atoms with Crippen molar-refractivity contribution < 1.29 is 19.1 Å². The predicted octanol–water partition coefficient (Wildman–Crippen LogP) is 13.8. The van der Waals surface area contributed by atoms with Crippen molar-refractivity contribution in [2.45, 2.75) is 233 Å². The molecule has 0 bridgehead atoms. The van der Waals surface area contributed by atoms with Gasteiger partial charge in [-0.1, -0.05) is 182 Å². The lowest BCUT2D eigenvalue weighted by Crippen LogP contribution is -2.21. The third-order valence-electron chi connectivity index (χ3n) is 10.6. The minimum Gasteiger partial charge on any atom is -0.465 e. The summed E-state index contributed by atoms with van der Waals surface area (Å²) in [6.45, 7) is 12.4. The average Bonchev–Trinajstić information content (AvgIpc) is 3.11. The summed E-state index contributed by atoms with van der Waals surface area (Å²) in [6.07, 6.45) is 38.2. The summed E-state index contributed by atoms with van der Waals surface area (Å²) < 4.78 is 11.6. The number of rotatable bonds is 40. The largest absolute Gasteiger partial charge is 0.465 e. The molecule has 2 unspecified atom stereocenters. The summed E-state index contributed by atoms with van der Waals surface area (Å²) >= 11 is 0. The minimum atomic E-state index is 0.0680. The van der Waals surface area contributed by atoms with E-state index < -0.39 is 0 Å². The maximum atomic E-state index is 12.9. The van der Waals surface area contributed by atoms with Crippen LogP contribution in [0.15, 0.2) is 0 Å². The molecule has 0 fully saturated rings. The van der Waals surface area contributed by atoms with Gasteiger partial charge in [0, 0.05) is 0 Å². The molecule has 298 valence electrons. The number of esters is 2. The molecule has 5 heteroatoms. The molecule has 50 heavy (non-hydrogen) atoms. The van der Waals surface area contributed by atoms with Gasteiger partial charge < -0.3 is 14.4 Å². The van der Waals surface area contributed by atoms with Crippen molar-refractivity contribution in [2.24, 2.45) is 11.8 Å². The van der Waals surface area contributed by atoms with Crippen LogP contribution >= 0.6 is 0 Å². The number of hydrogen-bond acceptors (Lipinski definition) is 5. The van der Waals surface area contributed by atoms with E-state index >= 15 is 0 Å². The van der Waals surface area contributed by atoms with Crippen LogP contribution in [-0.2, 0) is 19.1 Å². The van der Waals surface area contributed by atoms with Gasteiger partial charge in [0.1, 0.15) is 0 Å². The summed E-state index contributed by atoms with van der Waals surface area (Å²) in [4.78, 5) is 28.2. The Kier molecular flexibility index (Phi) is 38.3. The third kappa shape index (κ3) is 32.8. The molecule has 0 spiro atoms. The second-order valence-corrected chi connectivity index (χ2v) is 15.7. The molecule has 0 amide bonds. The van der Waals surface area contributed by atoms with E-state index in [9.17, 15) is 9.59 Å². The van der Waals surface area contributed by atoms with E-state index in [4.69, 9.17) is 9.47 Å². The standard InChI is InChI=1S/C45H89NO4/c1-6-10-14-18-20-28-36-42(34-26-16-12-8-3)44(47)49-40-32-24-22-30-38-46(5)39-31-23-25-33-41-50-45(48)43(35-27-17-13-9-4)37-29-21-19-15-11-7-2/h42-43H,6-41H2,1-5H3. The van der Waals surface area contributed by atoms with E-state index in [0.717, 1.165) is 77.3 Å². The van der Waals surface area contributed by atoms with Crippen LogP contribution in [0, 0.1) is 11.8 Å². The lowest BCUT2D eigenvalue weighted by atomic mass is 9.94. The Morgan fingerprint density at radius 1 is 0.380 bits per heavy atom. The quantitative estimate of drug-likeness (QED) is 0.0469. The molecule has 0 aliphatic heterocycles. The molecule has 0 aromatic heterocycles. The van der Waals surface area contributed by atoms with Gasteiger partial charge in [-0.15, -0.1) is 0 Å². The molecule has 0 aromatic rings. The number of ether oxygens (including phenoxy) is 2. The van der Waals surface area contributed by atoms with Crippen LogP contribution in [0.25, 0.3) is 0 Å². The lowest BCUT2D eigenvalue weighted by Gasteiger charge is -2.17. The van der Waals surface area contributed by atoms with Gasteiger partial charge in [-0.3, -0.25) is 9.59 Å². The summed E-state index contributed by atoms with van der Waals surface area (Å²) in [5.74, 6) is 0.356. The van der Waals surface area contributed by atoms with E-state index in [-0.39, 0.29) is 23.8 Å². The zero-order valence-corrected chi connectivity index (χ0v) is 34.7. The summed E-state index contributed by atoms with van der Waals surface area (Å²) in [7, 11) is 2.23. The smallest absolute Gasteiger partial charge is 0.308 e. The number of hydrogen-bond donors (Lipinski definition) is 0.